The summed E-state index contributed by atoms with van der Waals surface area (Å²) in [4.78, 5) is 27.6. The molecule has 1 N–H and O–H groups in total. The monoisotopic (exact) mass is 239 g/mol. The van der Waals surface area contributed by atoms with Crippen molar-refractivity contribution in [2.75, 3.05) is 33.2 Å². The average molecular weight is 239 g/mol. The fourth-order valence-corrected chi connectivity index (χ4v) is 2.56. The minimum atomic E-state index is -0.0979. The Bertz CT molecular complexity index is 319. The van der Waals surface area contributed by atoms with Gasteiger partial charge in [-0.05, 0) is 13.3 Å². The first kappa shape index (κ1) is 12.4. The Morgan fingerprint density at radius 1 is 1.41 bits per heavy atom. The highest BCUT2D eigenvalue weighted by Crippen LogP contribution is 2.21. The second kappa shape index (κ2) is 5.04. The van der Waals surface area contributed by atoms with Crippen molar-refractivity contribution in [3.8, 4) is 0 Å². The van der Waals surface area contributed by atoms with E-state index < -0.39 is 0 Å². The molecule has 0 aromatic heterocycles. The SMILES string of the molecule is CC1CNCCN1C(=O)C1CCN(C)C(=O)C1. The topological polar surface area (TPSA) is 52.7 Å². The summed E-state index contributed by atoms with van der Waals surface area (Å²) in [6, 6.07) is 0.242. The zero-order valence-electron chi connectivity index (χ0n) is 10.6. The zero-order valence-corrected chi connectivity index (χ0v) is 10.6. The largest absolute Gasteiger partial charge is 0.346 e. The van der Waals surface area contributed by atoms with Crippen molar-refractivity contribution >= 4 is 11.8 Å². The molecule has 2 amide bonds. The van der Waals surface area contributed by atoms with Crippen LogP contribution in [0.1, 0.15) is 19.8 Å². The number of carbonyl (C=O) groups is 2. The molecule has 0 aliphatic carbocycles. The normalized spacial score (nSPS) is 30.6. The van der Waals surface area contributed by atoms with Crippen LogP contribution in [0.15, 0.2) is 0 Å². The van der Waals surface area contributed by atoms with Gasteiger partial charge < -0.3 is 15.1 Å². The van der Waals surface area contributed by atoms with Crippen molar-refractivity contribution < 1.29 is 9.59 Å². The molecule has 0 radical (unpaired) electrons. The Morgan fingerprint density at radius 2 is 2.18 bits per heavy atom. The van der Waals surface area contributed by atoms with Gasteiger partial charge in [-0.3, -0.25) is 9.59 Å². The lowest BCUT2D eigenvalue weighted by atomic mass is 9.94. The molecular weight excluding hydrogens is 218 g/mol. The molecule has 2 aliphatic heterocycles. The number of nitrogens with zero attached hydrogens (tertiary/aromatic N) is 2. The van der Waals surface area contributed by atoms with Crippen LogP contribution in [0.5, 0.6) is 0 Å². The summed E-state index contributed by atoms with van der Waals surface area (Å²) >= 11 is 0. The van der Waals surface area contributed by atoms with Crippen molar-refractivity contribution in [2.24, 2.45) is 5.92 Å². The molecule has 0 aromatic carbocycles. The van der Waals surface area contributed by atoms with Crippen LogP contribution in [0.4, 0.5) is 0 Å². The molecule has 0 saturated carbocycles. The Balaban J connectivity index is 1.97. The van der Waals surface area contributed by atoms with E-state index in [0.717, 1.165) is 26.1 Å². The van der Waals surface area contributed by atoms with Gasteiger partial charge in [0.15, 0.2) is 0 Å². The number of hydrogen-bond donors (Lipinski definition) is 1. The minimum Gasteiger partial charge on any atom is -0.346 e. The van der Waals surface area contributed by atoms with Crippen molar-refractivity contribution in [3.05, 3.63) is 0 Å². The van der Waals surface area contributed by atoms with Crippen LogP contribution in [0, 0.1) is 5.92 Å². The number of hydrogen-bond acceptors (Lipinski definition) is 3. The first-order chi connectivity index (χ1) is 8.09. The second-order valence-corrected chi connectivity index (χ2v) is 5.09. The summed E-state index contributed by atoms with van der Waals surface area (Å²) in [6.45, 7) is 5.24. The highest BCUT2D eigenvalue weighted by molar-refractivity contribution is 5.87. The maximum absolute atomic E-state index is 12.3. The Morgan fingerprint density at radius 3 is 2.82 bits per heavy atom. The molecule has 0 aromatic rings. The number of nitrogens with one attached hydrogen (secondary N) is 1. The van der Waals surface area contributed by atoms with E-state index in [9.17, 15) is 9.59 Å². The van der Waals surface area contributed by atoms with E-state index in [2.05, 4.69) is 12.2 Å². The van der Waals surface area contributed by atoms with E-state index in [0.29, 0.717) is 13.0 Å². The molecular formula is C12H21N3O2. The average Bonchev–Trinajstić information content (AvgIpc) is 2.32. The van der Waals surface area contributed by atoms with Crippen molar-refractivity contribution in [1.82, 2.24) is 15.1 Å². The van der Waals surface area contributed by atoms with Gasteiger partial charge in [-0.2, -0.15) is 0 Å². The van der Waals surface area contributed by atoms with Crippen molar-refractivity contribution in [3.63, 3.8) is 0 Å². The fourth-order valence-electron chi connectivity index (χ4n) is 2.56. The highest BCUT2D eigenvalue weighted by Gasteiger charge is 2.33. The van der Waals surface area contributed by atoms with Crippen LogP contribution >= 0.6 is 0 Å². The van der Waals surface area contributed by atoms with E-state index >= 15 is 0 Å². The first-order valence-electron chi connectivity index (χ1n) is 6.34. The molecule has 0 spiro atoms. The predicted octanol–water partition coefficient (Wildman–Crippen LogP) is -0.325. The van der Waals surface area contributed by atoms with Gasteiger partial charge in [-0.1, -0.05) is 0 Å². The van der Waals surface area contributed by atoms with Gasteiger partial charge in [-0.15, -0.1) is 0 Å². The Kier molecular flexibility index (Phi) is 3.66. The third kappa shape index (κ3) is 2.60. The van der Waals surface area contributed by atoms with Crippen LogP contribution in [-0.4, -0.2) is 60.9 Å². The van der Waals surface area contributed by atoms with E-state index in [-0.39, 0.29) is 23.8 Å². The molecule has 0 bridgehead atoms. The van der Waals surface area contributed by atoms with Crippen LogP contribution in [0.2, 0.25) is 0 Å². The molecule has 2 atom stereocenters. The van der Waals surface area contributed by atoms with Gasteiger partial charge in [-0.25, -0.2) is 0 Å². The third-order valence-corrected chi connectivity index (χ3v) is 3.79. The summed E-state index contributed by atoms with van der Waals surface area (Å²) in [5, 5.41) is 3.27. The summed E-state index contributed by atoms with van der Waals surface area (Å²) < 4.78 is 0. The minimum absolute atomic E-state index is 0.0948. The van der Waals surface area contributed by atoms with Crippen LogP contribution in [0.25, 0.3) is 0 Å². The van der Waals surface area contributed by atoms with Crippen molar-refractivity contribution in [2.45, 2.75) is 25.8 Å². The van der Waals surface area contributed by atoms with Gasteiger partial charge in [0.1, 0.15) is 0 Å². The summed E-state index contributed by atoms with van der Waals surface area (Å²) in [6.07, 6.45) is 1.18. The molecule has 5 nitrogen and oxygen atoms in total. The summed E-state index contributed by atoms with van der Waals surface area (Å²) in [5.74, 6) is 0.164. The zero-order chi connectivity index (χ0) is 12.4. The molecule has 2 aliphatic rings. The summed E-state index contributed by atoms with van der Waals surface area (Å²) in [7, 11) is 1.80. The van der Waals surface area contributed by atoms with E-state index in [1.54, 1.807) is 11.9 Å². The first-order valence-corrected chi connectivity index (χ1v) is 6.34. The molecule has 2 saturated heterocycles. The second-order valence-electron chi connectivity index (χ2n) is 5.09. The van der Waals surface area contributed by atoms with Crippen LogP contribution in [-0.2, 0) is 9.59 Å². The maximum atomic E-state index is 12.3. The van der Waals surface area contributed by atoms with Gasteiger partial charge in [0, 0.05) is 51.6 Å². The lowest BCUT2D eigenvalue weighted by Gasteiger charge is -2.38. The highest BCUT2D eigenvalue weighted by atomic mass is 16.2. The molecule has 2 rings (SSSR count). The lowest BCUT2D eigenvalue weighted by Crippen LogP contribution is -2.55. The predicted molar refractivity (Wildman–Crippen MR) is 64.4 cm³/mol. The number of rotatable bonds is 1. The fraction of sp³-hybridized carbons (Fsp3) is 0.833. The van der Waals surface area contributed by atoms with Crippen LogP contribution in [0.3, 0.4) is 0 Å². The molecule has 96 valence electrons. The molecule has 2 unspecified atom stereocenters. The molecule has 5 heteroatoms. The Labute approximate surface area is 102 Å². The van der Waals surface area contributed by atoms with Crippen molar-refractivity contribution in [1.29, 1.82) is 0 Å². The number of likely N-dealkylation sites (tertiary alicyclic amines) is 1. The molecule has 2 fully saturated rings. The maximum Gasteiger partial charge on any atom is 0.226 e. The van der Waals surface area contributed by atoms with Gasteiger partial charge >= 0.3 is 0 Å². The van der Waals surface area contributed by atoms with E-state index in [1.807, 2.05) is 4.90 Å². The smallest absolute Gasteiger partial charge is 0.226 e. The lowest BCUT2D eigenvalue weighted by molar-refractivity contribution is -0.146. The van der Waals surface area contributed by atoms with E-state index in [4.69, 9.17) is 0 Å². The number of piperazine rings is 1. The molecule has 2 heterocycles. The van der Waals surface area contributed by atoms with Gasteiger partial charge in [0.05, 0.1) is 0 Å². The van der Waals surface area contributed by atoms with E-state index in [1.165, 1.54) is 0 Å². The van der Waals surface area contributed by atoms with Gasteiger partial charge in [0.2, 0.25) is 11.8 Å². The number of amides is 2. The van der Waals surface area contributed by atoms with Gasteiger partial charge in [0.25, 0.3) is 0 Å². The number of piperidine rings is 1. The summed E-state index contributed by atoms with van der Waals surface area (Å²) in [5.41, 5.74) is 0. The Hall–Kier alpha value is -1.10. The quantitative estimate of drug-likeness (QED) is 0.682. The molecule has 17 heavy (non-hydrogen) atoms. The standard InChI is InChI=1S/C12H21N3O2/c1-9-8-13-4-6-15(9)12(17)10-3-5-14(2)11(16)7-10/h9-10,13H,3-8H2,1-2H3. The number of carbonyl (C=O) groups excluding carboxylic acids is 2. The third-order valence-electron chi connectivity index (χ3n) is 3.79. The van der Waals surface area contributed by atoms with Crippen LogP contribution < -0.4 is 5.32 Å².